The molecule has 0 amide bonds. The van der Waals surface area contributed by atoms with Gasteiger partial charge in [-0.1, -0.05) is 13.8 Å². The van der Waals surface area contributed by atoms with Gasteiger partial charge in [0.2, 0.25) is 0 Å². The van der Waals surface area contributed by atoms with Crippen LogP contribution in [0.15, 0.2) is 58.3 Å². The van der Waals surface area contributed by atoms with E-state index in [1.54, 1.807) is 13.8 Å². The van der Waals surface area contributed by atoms with Crippen molar-refractivity contribution < 1.29 is 31.1 Å². The summed E-state index contributed by atoms with van der Waals surface area (Å²) in [5, 5.41) is 0. The highest BCUT2D eigenvalue weighted by molar-refractivity contribution is 8.67. The van der Waals surface area contributed by atoms with E-state index in [1.807, 2.05) is 13.8 Å². The van der Waals surface area contributed by atoms with Crippen molar-refractivity contribution in [2.24, 2.45) is 11.3 Å². The van der Waals surface area contributed by atoms with E-state index in [4.69, 9.17) is 9.47 Å². The van der Waals surface area contributed by atoms with Gasteiger partial charge in [0.1, 0.15) is 11.5 Å². The van der Waals surface area contributed by atoms with Gasteiger partial charge in [-0.15, -0.1) is 0 Å². The van der Waals surface area contributed by atoms with E-state index in [0.29, 0.717) is 18.1 Å². The molecular formula is C21H26O7S2. The van der Waals surface area contributed by atoms with Gasteiger partial charge in [-0.2, -0.15) is 0 Å². The Morgan fingerprint density at radius 1 is 0.833 bits per heavy atom. The number of ether oxygens (including phenoxy) is 2. The zero-order valence-electron chi connectivity index (χ0n) is 17.6. The Kier molecular flexibility index (Phi) is 6.98. The van der Waals surface area contributed by atoms with Crippen LogP contribution in [0.3, 0.4) is 0 Å². The summed E-state index contributed by atoms with van der Waals surface area (Å²) in [4.78, 5) is 11.6. The van der Waals surface area contributed by atoms with Crippen LogP contribution in [0.2, 0.25) is 0 Å². The first kappa shape index (κ1) is 23.9. The molecule has 0 saturated heterocycles. The van der Waals surface area contributed by atoms with Crippen molar-refractivity contribution in [2.45, 2.75) is 43.9 Å². The number of carbonyl (C=O) groups is 1. The minimum absolute atomic E-state index is 0.137. The Hall–Kier alpha value is -2.39. The van der Waals surface area contributed by atoms with Crippen molar-refractivity contribution in [3.05, 3.63) is 48.5 Å². The fraction of sp³-hybridized carbons (Fsp3) is 0.381. The van der Waals surface area contributed by atoms with Crippen molar-refractivity contribution in [1.29, 1.82) is 0 Å². The monoisotopic (exact) mass is 454 g/mol. The molecule has 0 atom stereocenters. The lowest BCUT2D eigenvalue weighted by Crippen LogP contribution is -2.30. The minimum atomic E-state index is -4.71. The van der Waals surface area contributed by atoms with E-state index in [1.165, 1.54) is 43.5 Å². The largest absolute Gasteiger partial charge is 0.497 e. The van der Waals surface area contributed by atoms with E-state index in [-0.39, 0.29) is 10.6 Å². The Balaban J connectivity index is 2.26. The maximum atomic E-state index is 12.7. The third-order valence-electron chi connectivity index (χ3n) is 4.43. The molecule has 0 bridgehead atoms. The van der Waals surface area contributed by atoms with E-state index in [0.717, 1.165) is 12.1 Å². The second-order valence-corrected chi connectivity index (χ2v) is 13.3. The molecule has 0 aromatic heterocycles. The summed E-state index contributed by atoms with van der Waals surface area (Å²) < 4.78 is 61.0. The van der Waals surface area contributed by atoms with Crippen LogP contribution in [-0.2, 0) is 22.5 Å². The predicted octanol–water partition coefficient (Wildman–Crippen LogP) is 3.84. The molecule has 0 N–H and O–H groups in total. The average Bonchev–Trinajstić information content (AvgIpc) is 2.67. The quantitative estimate of drug-likeness (QED) is 0.339. The van der Waals surface area contributed by atoms with E-state index in [9.17, 15) is 21.6 Å². The highest BCUT2D eigenvalue weighted by Gasteiger charge is 2.34. The highest BCUT2D eigenvalue weighted by Crippen LogP contribution is 2.30. The molecule has 0 aliphatic rings. The van der Waals surface area contributed by atoms with Gasteiger partial charge in [-0.3, -0.25) is 4.79 Å². The molecule has 0 heterocycles. The first-order chi connectivity index (χ1) is 13.8. The van der Waals surface area contributed by atoms with Crippen LogP contribution in [0.5, 0.6) is 11.5 Å². The SMILES string of the molecule is COc1ccc(S(=O)(=O)S(=O)(=O)c2ccc(OC(=O)C(C)(C)CC(C)C)cc2)cc1. The van der Waals surface area contributed by atoms with Gasteiger partial charge in [0.15, 0.2) is 0 Å². The van der Waals surface area contributed by atoms with Crippen molar-refractivity contribution in [2.75, 3.05) is 7.11 Å². The topological polar surface area (TPSA) is 104 Å². The number of methoxy groups -OCH3 is 1. The number of hydrogen-bond donors (Lipinski definition) is 0. The first-order valence-electron chi connectivity index (χ1n) is 9.28. The zero-order chi connectivity index (χ0) is 22.7. The summed E-state index contributed by atoms with van der Waals surface area (Å²) in [6.07, 6.45) is 0.623. The first-order valence-corrected chi connectivity index (χ1v) is 12.8. The van der Waals surface area contributed by atoms with E-state index >= 15 is 0 Å². The van der Waals surface area contributed by atoms with Crippen LogP contribution in [0.1, 0.15) is 34.1 Å². The van der Waals surface area contributed by atoms with Crippen LogP contribution in [0.25, 0.3) is 0 Å². The third kappa shape index (κ3) is 5.02. The van der Waals surface area contributed by atoms with Gasteiger partial charge in [0.25, 0.3) is 17.7 Å². The lowest BCUT2D eigenvalue weighted by Gasteiger charge is -2.24. The van der Waals surface area contributed by atoms with Crippen molar-refractivity contribution in [3.63, 3.8) is 0 Å². The maximum absolute atomic E-state index is 12.7. The number of esters is 1. The Bertz CT molecular complexity index is 1100. The predicted molar refractivity (Wildman–Crippen MR) is 113 cm³/mol. The van der Waals surface area contributed by atoms with Crippen molar-refractivity contribution in [1.82, 2.24) is 0 Å². The molecule has 0 radical (unpaired) electrons. The van der Waals surface area contributed by atoms with Crippen LogP contribution < -0.4 is 9.47 Å². The molecule has 2 rings (SSSR count). The molecule has 9 heteroatoms. The summed E-state index contributed by atoms with van der Waals surface area (Å²) in [7, 11) is -7.97. The van der Waals surface area contributed by atoms with E-state index in [2.05, 4.69) is 0 Å². The fourth-order valence-electron chi connectivity index (χ4n) is 3.02. The Morgan fingerprint density at radius 2 is 1.23 bits per heavy atom. The molecule has 164 valence electrons. The lowest BCUT2D eigenvalue weighted by molar-refractivity contribution is -0.144. The molecule has 0 aliphatic carbocycles. The molecule has 0 spiro atoms. The van der Waals surface area contributed by atoms with Gasteiger partial charge in [0.05, 0.1) is 22.3 Å². The van der Waals surface area contributed by atoms with Crippen LogP contribution in [0, 0.1) is 11.3 Å². The molecule has 0 fully saturated rings. The summed E-state index contributed by atoms with van der Waals surface area (Å²) >= 11 is 0. The van der Waals surface area contributed by atoms with Crippen LogP contribution in [-0.4, -0.2) is 29.9 Å². The fourth-order valence-corrected chi connectivity index (χ4v) is 6.65. The summed E-state index contributed by atoms with van der Waals surface area (Å²) in [5.74, 6) is 0.386. The standard InChI is InChI=1S/C21H26O7S2/c1-15(2)14-21(3,4)20(22)28-17-8-12-19(13-9-17)30(25,26)29(23,24)18-10-6-16(27-5)7-11-18/h6-13,15H,14H2,1-5H3. The maximum Gasteiger partial charge on any atom is 0.316 e. The molecule has 2 aromatic rings. The summed E-state index contributed by atoms with van der Waals surface area (Å²) in [5.41, 5.74) is -0.712. The van der Waals surface area contributed by atoms with Gasteiger partial charge >= 0.3 is 5.97 Å². The molecule has 30 heavy (non-hydrogen) atoms. The highest BCUT2D eigenvalue weighted by atomic mass is 33.2. The van der Waals surface area contributed by atoms with Crippen LogP contribution in [0.4, 0.5) is 0 Å². The van der Waals surface area contributed by atoms with Gasteiger partial charge < -0.3 is 9.47 Å². The van der Waals surface area contributed by atoms with Crippen molar-refractivity contribution in [3.8, 4) is 11.5 Å². The minimum Gasteiger partial charge on any atom is -0.497 e. The van der Waals surface area contributed by atoms with Gasteiger partial charge in [-0.05, 0) is 74.7 Å². The molecule has 7 nitrogen and oxygen atoms in total. The van der Waals surface area contributed by atoms with E-state index < -0.39 is 34.0 Å². The van der Waals surface area contributed by atoms with Gasteiger partial charge in [0, 0.05) is 0 Å². The molecule has 0 saturated carbocycles. The third-order valence-corrected chi connectivity index (χ3v) is 9.60. The second-order valence-electron chi connectivity index (χ2n) is 7.93. The molecule has 0 aliphatic heterocycles. The average molecular weight is 455 g/mol. The summed E-state index contributed by atoms with van der Waals surface area (Å²) in [6.45, 7) is 7.54. The number of hydrogen-bond acceptors (Lipinski definition) is 7. The zero-order valence-corrected chi connectivity index (χ0v) is 19.2. The van der Waals surface area contributed by atoms with Gasteiger partial charge in [-0.25, -0.2) is 16.8 Å². The molecular weight excluding hydrogens is 428 g/mol. The number of benzene rings is 2. The molecule has 2 aromatic carbocycles. The molecule has 0 unspecified atom stereocenters. The Labute approximate surface area is 177 Å². The lowest BCUT2D eigenvalue weighted by atomic mass is 9.84. The smallest absolute Gasteiger partial charge is 0.316 e. The van der Waals surface area contributed by atoms with Crippen LogP contribution >= 0.6 is 0 Å². The second kappa shape index (κ2) is 8.77. The normalized spacial score (nSPS) is 12.6. The van der Waals surface area contributed by atoms with Crippen molar-refractivity contribution >= 4 is 23.7 Å². The Morgan fingerprint density at radius 3 is 1.60 bits per heavy atom. The summed E-state index contributed by atoms with van der Waals surface area (Å²) in [6, 6.07) is 9.80. The number of carbonyl (C=O) groups excluding carboxylic acids is 1. The number of rotatable bonds is 8.